The largest absolute Gasteiger partial charge is 0.289 e. The number of carbonyl (C=O) groups is 1. The molecular weight excluding hydrogens is 270 g/mol. The molecule has 3 aromatic rings. The molecule has 0 N–H and O–H groups in total. The molecule has 0 bridgehead atoms. The molecule has 0 radical (unpaired) electrons. The average Bonchev–Trinajstić information content (AvgIpc) is 3.09. The van der Waals surface area contributed by atoms with E-state index in [4.69, 9.17) is 4.84 Å². The van der Waals surface area contributed by atoms with Crippen molar-refractivity contribution in [2.75, 3.05) is 13.2 Å². The molecular formula is C11H9N3O2S2. The van der Waals surface area contributed by atoms with Crippen molar-refractivity contribution in [3.63, 3.8) is 0 Å². The Labute approximate surface area is 110 Å². The van der Waals surface area contributed by atoms with Crippen molar-refractivity contribution in [2.45, 2.75) is 6.42 Å². The molecule has 4 heterocycles. The number of imidazole rings is 1. The molecule has 1 aliphatic rings. The maximum absolute atomic E-state index is 12.2. The summed E-state index contributed by atoms with van der Waals surface area (Å²) in [4.78, 5) is 24.5. The van der Waals surface area contributed by atoms with Crippen LogP contribution < -0.4 is 0 Å². The van der Waals surface area contributed by atoms with Crippen LogP contribution in [-0.4, -0.2) is 33.5 Å². The van der Waals surface area contributed by atoms with Gasteiger partial charge in [-0.15, -0.1) is 22.7 Å². The van der Waals surface area contributed by atoms with Crippen LogP contribution >= 0.6 is 22.7 Å². The highest BCUT2D eigenvalue weighted by atomic mass is 32.1. The molecule has 0 unspecified atom stereocenters. The third kappa shape index (κ3) is 1.41. The Morgan fingerprint density at radius 3 is 3.28 bits per heavy atom. The van der Waals surface area contributed by atoms with Gasteiger partial charge >= 0.3 is 0 Å². The second-order valence-corrected chi connectivity index (χ2v) is 5.97. The molecule has 92 valence electrons. The summed E-state index contributed by atoms with van der Waals surface area (Å²) in [6, 6.07) is 1.90. The summed E-state index contributed by atoms with van der Waals surface area (Å²) in [6.07, 6.45) is 2.88. The van der Waals surface area contributed by atoms with E-state index in [1.165, 1.54) is 16.4 Å². The molecule has 18 heavy (non-hydrogen) atoms. The van der Waals surface area contributed by atoms with Crippen LogP contribution in [0.2, 0.25) is 0 Å². The average molecular weight is 279 g/mol. The van der Waals surface area contributed by atoms with Gasteiger partial charge in [-0.2, -0.15) is 0 Å². The van der Waals surface area contributed by atoms with Gasteiger partial charge in [-0.1, -0.05) is 0 Å². The number of fused-ring (bicyclic) bond motifs is 3. The van der Waals surface area contributed by atoms with Gasteiger partial charge in [0.1, 0.15) is 4.83 Å². The van der Waals surface area contributed by atoms with E-state index in [0.29, 0.717) is 18.0 Å². The van der Waals surface area contributed by atoms with E-state index in [0.717, 1.165) is 21.7 Å². The third-order valence-electron chi connectivity index (χ3n) is 2.93. The highest BCUT2D eigenvalue weighted by Crippen LogP contribution is 2.29. The van der Waals surface area contributed by atoms with E-state index in [2.05, 4.69) is 4.98 Å². The summed E-state index contributed by atoms with van der Waals surface area (Å²) in [7, 11) is 0. The Bertz CT molecular complexity index is 736. The van der Waals surface area contributed by atoms with Crippen LogP contribution in [-0.2, 0) is 4.84 Å². The Morgan fingerprint density at radius 2 is 2.44 bits per heavy atom. The second-order valence-electron chi connectivity index (χ2n) is 4.06. The lowest BCUT2D eigenvalue weighted by Gasteiger charge is -2.11. The minimum absolute atomic E-state index is 0.0560. The van der Waals surface area contributed by atoms with Crippen LogP contribution in [0.25, 0.3) is 15.3 Å². The van der Waals surface area contributed by atoms with Gasteiger partial charge in [-0.3, -0.25) is 14.0 Å². The van der Waals surface area contributed by atoms with Gasteiger partial charge < -0.3 is 0 Å². The van der Waals surface area contributed by atoms with Gasteiger partial charge in [0, 0.05) is 11.6 Å². The fourth-order valence-electron chi connectivity index (χ4n) is 2.08. The lowest BCUT2D eigenvalue weighted by atomic mass is 10.4. The van der Waals surface area contributed by atoms with Gasteiger partial charge in [0.2, 0.25) is 0 Å². The molecule has 1 fully saturated rings. The molecule has 0 aromatic carbocycles. The van der Waals surface area contributed by atoms with Crippen LogP contribution in [0.4, 0.5) is 0 Å². The molecule has 1 aliphatic heterocycles. The number of nitrogens with zero attached hydrogens (tertiary/aromatic N) is 3. The molecule has 0 spiro atoms. The standard InChI is InChI=1S/C11H9N3O2S2/c15-10(14-2-1-4-16-14)8-6-7-9(18-8)12-11-13(7)3-5-17-11/h3,5-6H,1-2,4H2. The lowest BCUT2D eigenvalue weighted by molar-refractivity contribution is -0.0765. The molecule has 3 aromatic heterocycles. The fraction of sp³-hybridized carbons (Fsp3) is 0.273. The number of hydrogen-bond donors (Lipinski definition) is 0. The van der Waals surface area contributed by atoms with Crippen LogP contribution in [0.3, 0.4) is 0 Å². The van der Waals surface area contributed by atoms with Crippen molar-refractivity contribution in [1.82, 2.24) is 14.4 Å². The minimum Gasteiger partial charge on any atom is -0.289 e. The zero-order valence-corrected chi connectivity index (χ0v) is 11.0. The zero-order chi connectivity index (χ0) is 12.1. The number of aromatic nitrogens is 2. The smallest absolute Gasteiger partial charge is 0.287 e. The SMILES string of the molecule is O=C(c1cc2c(nc3sccn32)s1)N1CCCO1. The van der Waals surface area contributed by atoms with Gasteiger partial charge in [-0.05, 0) is 12.5 Å². The van der Waals surface area contributed by atoms with E-state index >= 15 is 0 Å². The van der Waals surface area contributed by atoms with Crippen LogP contribution in [0, 0.1) is 0 Å². The van der Waals surface area contributed by atoms with Crippen LogP contribution in [0.5, 0.6) is 0 Å². The summed E-state index contributed by atoms with van der Waals surface area (Å²) in [5, 5.41) is 3.44. The molecule has 0 aliphatic carbocycles. The summed E-state index contributed by atoms with van der Waals surface area (Å²) in [5.41, 5.74) is 0.999. The topological polar surface area (TPSA) is 46.8 Å². The Balaban J connectivity index is 1.80. The number of amides is 1. The number of thiophene rings is 1. The Morgan fingerprint density at radius 1 is 1.50 bits per heavy atom. The first kappa shape index (κ1) is 10.5. The highest BCUT2D eigenvalue weighted by molar-refractivity contribution is 7.21. The maximum Gasteiger partial charge on any atom is 0.287 e. The number of hydroxylamine groups is 2. The van der Waals surface area contributed by atoms with E-state index in [9.17, 15) is 4.79 Å². The van der Waals surface area contributed by atoms with Crippen molar-refractivity contribution in [3.05, 3.63) is 22.5 Å². The molecule has 1 saturated heterocycles. The molecule has 0 atom stereocenters. The predicted octanol–water partition coefficient (Wildman–Crippen LogP) is 2.39. The van der Waals surface area contributed by atoms with Crippen molar-refractivity contribution < 1.29 is 9.63 Å². The summed E-state index contributed by atoms with van der Waals surface area (Å²) in [5.74, 6) is -0.0560. The summed E-state index contributed by atoms with van der Waals surface area (Å²) in [6.45, 7) is 1.31. The van der Waals surface area contributed by atoms with Crippen molar-refractivity contribution in [1.29, 1.82) is 0 Å². The third-order valence-corrected chi connectivity index (χ3v) is 4.69. The molecule has 1 amide bonds. The van der Waals surface area contributed by atoms with Crippen molar-refractivity contribution >= 4 is 43.9 Å². The van der Waals surface area contributed by atoms with E-state index in [1.807, 2.05) is 22.0 Å². The number of carbonyl (C=O) groups excluding carboxylic acids is 1. The van der Waals surface area contributed by atoms with Gasteiger partial charge in [0.15, 0.2) is 4.96 Å². The first-order valence-electron chi connectivity index (χ1n) is 5.63. The normalized spacial score (nSPS) is 16.1. The lowest BCUT2D eigenvalue weighted by Crippen LogP contribution is -2.25. The second kappa shape index (κ2) is 3.78. The molecule has 0 saturated carbocycles. The molecule has 4 rings (SSSR count). The highest BCUT2D eigenvalue weighted by Gasteiger charge is 2.23. The number of hydrogen-bond acceptors (Lipinski definition) is 5. The van der Waals surface area contributed by atoms with Gasteiger partial charge in [0.05, 0.1) is 23.5 Å². The first-order chi connectivity index (χ1) is 8.83. The van der Waals surface area contributed by atoms with Crippen LogP contribution in [0.15, 0.2) is 17.6 Å². The molecule has 5 nitrogen and oxygen atoms in total. The summed E-state index contributed by atoms with van der Waals surface area (Å²) < 4.78 is 2.01. The summed E-state index contributed by atoms with van der Waals surface area (Å²) >= 11 is 3.02. The predicted molar refractivity (Wildman–Crippen MR) is 70.1 cm³/mol. The van der Waals surface area contributed by atoms with E-state index < -0.39 is 0 Å². The van der Waals surface area contributed by atoms with Crippen molar-refractivity contribution in [3.8, 4) is 0 Å². The van der Waals surface area contributed by atoms with Crippen molar-refractivity contribution in [2.24, 2.45) is 0 Å². The van der Waals surface area contributed by atoms with E-state index in [-0.39, 0.29) is 5.91 Å². The Kier molecular flexibility index (Phi) is 2.20. The van der Waals surface area contributed by atoms with E-state index in [1.54, 1.807) is 11.3 Å². The number of rotatable bonds is 1. The maximum atomic E-state index is 12.2. The first-order valence-corrected chi connectivity index (χ1v) is 7.32. The van der Waals surface area contributed by atoms with Gasteiger partial charge in [0.25, 0.3) is 5.91 Å². The minimum atomic E-state index is -0.0560. The van der Waals surface area contributed by atoms with Crippen LogP contribution in [0.1, 0.15) is 16.1 Å². The quantitative estimate of drug-likeness (QED) is 0.687. The number of thiazole rings is 1. The Hall–Kier alpha value is -1.44. The fourth-order valence-corrected chi connectivity index (χ4v) is 3.82. The zero-order valence-electron chi connectivity index (χ0n) is 9.33. The molecule has 7 heteroatoms. The monoisotopic (exact) mass is 279 g/mol. The van der Waals surface area contributed by atoms with Gasteiger partial charge in [-0.25, -0.2) is 10.0 Å².